The topological polar surface area (TPSA) is 90.3 Å². The molecule has 0 aliphatic carbocycles. The van der Waals surface area contributed by atoms with Crippen LogP contribution in [0.5, 0.6) is 0 Å². The molecule has 1 amide bonds. The zero-order valence-electron chi connectivity index (χ0n) is 17.3. The van der Waals surface area contributed by atoms with E-state index in [4.69, 9.17) is 4.74 Å². The number of carbonyl (C=O) groups excluding carboxylic acids is 2. The third kappa shape index (κ3) is 4.74. The van der Waals surface area contributed by atoms with E-state index in [0.29, 0.717) is 23.0 Å². The van der Waals surface area contributed by atoms with Crippen molar-refractivity contribution in [3.05, 3.63) is 76.2 Å². The van der Waals surface area contributed by atoms with E-state index in [2.05, 4.69) is 10.4 Å². The molecule has 0 saturated heterocycles. The summed E-state index contributed by atoms with van der Waals surface area (Å²) >= 11 is 0. The lowest BCUT2D eigenvalue weighted by molar-refractivity contribution is -0.146. The van der Waals surface area contributed by atoms with Crippen molar-refractivity contribution < 1.29 is 14.3 Å². The number of amides is 1. The molecule has 0 saturated carbocycles. The molecule has 0 aliphatic heterocycles. The molecule has 1 heterocycles. The van der Waals surface area contributed by atoms with Crippen LogP contribution in [0.4, 0.5) is 0 Å². The summed E-state index contributed by atoms with van der Waals surface area (Å²) in [6.45, 7) is 3.96. The van der Waals surface area contributed by atoms with Crippen molar-refractivity contribution in [2.45, 2.75) is 32.9 Å². The van der Waals surface area contributed by atoms with E-state index in [1.54, 1.807) is 24.3 Å². The van der Waals surface area contributed by atoms with E-state index in [1.165, 1.54) is 11.8 Å². The molecule has 3 aromatic rings. The summed E-state index contributed by atoms with van der Waals surface area (Å²) in [6.07, 6.45) is -0.0597. The lowest BCUT2D eigenvalue weighted by Crippen LogP contribution is -2.45. The Morgan fingerprint density at radius 3 is 2.30 bits per heavy atom. The van der Waals surface area contributed by atoms with Gasteiger partial charge in [0.1, 0.15) is 6.04 Å². The first-order valence-electron chi connectivity index (χ1n) is 9.80. The van der Waals surface area contributed by atoms with Gasteiger partial charge < -0.3 is 10.1 Å². The molecule has 3 rings (SSSR count). The van der Waals surface area contributed by atoms with Gasteiger partial charge in [-0.1, -0.05) is 62.4 Å². The van der Waals surface area contributed by atoms with Gasteiger partial charge in [-0.3, -0.25) is 9.59 Å². The van der Waals surface area contributed by atoms with Crippen molar-refractivity contribution in [2.75, 3.05) is 7.11 Å². The van der Waals surface area contributed by atoms with Gasteiger partial charge in [0.25, 0.3) is 5.56 Å². The maximum atomic E-state index is 12.9. The second-order valence-corrected chi connectivity index (χ2v) is 7.43. The molecule has 156 valence electrons. The molecule has 0 bridgehead atoms. The number of carbonyl (C=O) groups is 2. The van der Waals surface area contributed by atoms with Crippen LogP contribution in [-0.4, -0.2) is 34.8 Å². The van der Waals surface area contributed by atoms with Crippen LogP contribution >= 0.6 is 0 Å². The molecule has 30 heavy (non-hydrogen) atoms. The summed E-state index contributed by atoms with van der Waals surface area (Å²) in [6, 6.07) is 15.9. The van der Waals surface area contributed by atoms with Gasteiger partial charge in [0.2, 0.25) is 5.91 Å². The van der Waals surface area contributed by atoms with Gasteiger partial charge in [0, 0.05) is 5.39 Å². The highest BCUT2D eigenvalue weighted by atomic mass is 16.5. The molecule has 0 fully saturated rings. The number of nitrogens with zero attached hydrogens (tertiary/aromatic N) is 2. The van der Waals surface area contributed by atoms with E-state index in [1.807, 2.05) is 44.2 Å². The number of benzene rings is 2. The first kappa shape index (κ1) is 21.2. The molecule has 0 aliphatic rings. The van der Waals surface area contributed by atoms with Crippen molar-refractivity contribution in [1.29, 1.82) is 0 Å². The van der Waals surface area contributed by atoms with Crippen molar-refractivity contribution >= 4 is 22.6 Å². The normalized spacial score (nSPS) is 12.0. The van der Waals surface area contributed by atoms with Gasteiger partial charge in [-0.25, -0.2) is 9.48 Å². The quantitative estimate of drug-likeness (QED) is 0.607. The maximum absolute atomic E-state index is 12.9. The molecular formula is C23H25N3O4. The number of rotatable bonds is 7. The van der Waals surface area contributed by atoms with Gasteiger partial charge in [0.15, 0.2) is 0 Å². The number of hydrogen-bond donors (Lipinski definition) is 1. The number of esters is 1. The molecule has 2 aromatic carbocycles. The molecule has 7 heteroatoms. The van der Waals surface area contributed by atoms with Crippen LogP contribution in [-0.2, 0) is 27.3 Å². The summed E-state index contributed by atoms with van der Waals surface area (Å²) in [5.74, 6) is -0.981. The van der Waals surface area contributed by atoms with Crippen LogP contribution in [0, 0.1) is 5.92 Å². The van der Waals surface area contributed by atoms with Crippen molar-refractivity contribution in [1.82, 2.24) is 15.1 Å². The summed E-state index contributed by atoms with van der Waals surface area (Å²) < 4.78 is 6.16. The Kier molecular flexibility index (Phi) is 6.61. The maximum Gasteiger partial charge on any atom is 0.328 e. The first-order chi connectivity index (χ1) is 14.4. The number of nitrogens with one attached hydrogen (secondary N) is 1. The van der Waals surface area contributed by atoms with Crippen LogP contribution < -0.4 is 10.9 Å². The van der Waals surface area contributed by atoms with Gasteiger partial charge in [0.05, 0.1) is 31.2 Å². The SMILES string of the molecule is COC(=O)[C@H](NC(=O)Cc1nn(Cc2ccccc2)c(=O)c2ccccc12)C(C)C. The fourth-order valence-electron chi connectivity index (χ4n) is 3.30. The Labute approximate surface area is 174 Å². The Hall–Kier alpha value is -3.48. The Bertz CT molecular complexity index is 1110. The smallest absolute Gasteiger partial charge is 0.328 e. The molecule has 0 radical (unpaired) electrons. The fraction of sp³-hybridized carbons (Fsp3) is 0.304. The highest BCUT2D eigenvalue weighted by Crippen LogP contribution is 2.15. The Morgan fingerprint density at radius 1 is 1.03 bits per heavy atom. The number of hydrogen-bond acceptors (Lipinski definition) is 5. The van der Waals surface area contributed by atoms with Crippen LogP contribution in [0.25, 0.3) is 10.8 Å². The second kappa shape index (κ2) is 9.35. The monoisotopic (exact) mass is 407 g/mol. The molecule has 1 atom stereocenters. The van der Waals surface area contributed by atoms with Crippen LogP contribution in [0.2, 0.25) is 0 Å². The Balaban J connectivity index is 1.94. The average Bonchev–Trinajstić information content (AvgIpc) is 2.75. The zero-order valence-corrected chi connectivity index (χ0v) is 17.3. The van der Waals surface area contributed by atoms with E-state index in [-0.39, 0.29) is 23.8 Å². The summed E-state index contributed by atoms with van der Waals surface area (Å²) in [5.41, 5.74) is 1.20. The lowest BCUT2D eigenvalue weighted by Gasteiger charge is -2.20. The van der Waals surface area contributed by atoms with Gasteiger partial charge in [-0.05, 0) is 17.5 Å². The largest absolute Gasteiger partial charge is 0.467 e. The summed E-state index contributed by atoms with van der Waals surface area (Å²) in [7, 11) is 1.29. The second-order valence-electron chi connectivity index (χ2n) is 7.43. The fourth-order valence-corrected chi connectivity index (χ4v) is 3.30. The zero-order chi connectivity index (χ0) is 21.7. The van der Waals surface area contributed by atoms with E-state index in [9.17, 15) is 14.4 Å². The standard InChI is InChI=1S/C23H25N3O4/c1-15(2)21(23(29)30-3)24-20(27)13-19-17-11-7-8-12-18(17)22(28)26(25-19)14-16-9-5-4-6-10-16/h4-12,15,21H,13-14H2,1-3H3,(H,24,27)/t21-/m1/s1. The number of methoxy groups -OCH3 is 1. The highest BCUT2D eigenvalue weighted by molar-refractivity contribution is 5.90. The Morgan fingerprint density at radius 2 is 1.67 bits per heavy atom. The van der Waals surface area contributed by atoms with Crippen LogP contribution in [0.3, 0.4) is 0 Å². The minimum Gasteiger partial charge on any atom is -0.467 e. The van der Waals surface area contributed by atoms with E-state index >= 15 is 0 Å². The predicted molar refractivity (Wildman–Crippen MR) is 114 cm³/mol. The first-order valence-corrected chi connectivity index (χ1v) is 9.80. The summed E-state index contributed by atoms with van der Waals surface area (Å²) in [4.78, 5) is 37.6. The lowest BCUT2D eigenvalue weighted by atomic mass is 10.0. The number of ether oxygens (including phenoxy) is 1. The third-order valence-electron chi connectivity index (χ3n) is 4.89. The molecule has 0 unspecified atom stereocenters. The third-order valence-corrected chi connectivity index (χ3v) is 4.89. The average molecular weight is 407 g/mol. The minimum absolute atomic E-state index is 0.0597. The predicted octanol–water partition coefficient (Wildman–Crippen LogP) is 2.30. The number of fused-ring (bicyclic) bond motifs is 1. The van der Waals surface area contributed by atoms with E-state index in [0.717, 1.165) is 5.56 Å². The number of aromatic nitrogens is 2. The molecular weight excluding hydrogens is 382 g/mol. The van der Waals surface area contributed by atoms with Gasteiger partial charge in [-0.2, -0.15) is 5.10 Å². The van der Waals surface area contributed by atoms with Gasteiger partial charge >= 0.3 is 5.97 Å². The van der Waals surface area contributed by atoms with Crippen molar-refractivity contribution in [3.8, 4) is 0 Å². The molecule has 7 nitrogen and oxygen atoms in total. The van der Waals surface area contributed by atoms with Crippen molar-refractivity contribution in [2.24, 2.45) is 5.92 Å². The highest BCUT2D eigenvalue weighted by Gasteiger charge is 2.25. The van der Waals surface area contributed by atoms with Crippen molar-refractivity contribution in [3.63, 3.8) is 0 Å². The molecule has 1 N–H and O–H groups in total. The van der Waals surface area contributed by atoms with Crippen LogP contribution in [0.1, 0.15) is 25.1 Å². The minimum atomic E-state index is -0.746. The van der Waals surface area contributed by atoms with Gasteiger partial charge in [-0.15, -0.1) is 0 Å². The summed E-state index contributed by atoms with van der Waals surface area (Å²) in [5, 5.41) is 8.33. The van der Waals surface area contributed by atoms with E-state index < -0.39 is 12.0 Å². The molecule has 1 aromatic heterocycles. The van der Waals surface area contributed by atoms with Crippen LogP contribution in [0.15, 0.2) is 59.4 Å². The molecule has 0 spiro atoms.